The Morgan fingerprint density at radius 3 is 2.32 bits per heavy atom. The van der Waals surface area contributed by atoms with Gasteiger partial charge in [-0.1, -0.05) is 32.9 Å². The number of nitrogens with zero attached hydrogens (tertiary/aromatic N) is 1. The van der Waals surface area contributed by atoms with E-state index in [4.69, 9.17) is 0 Å². The largest absolute Gasteiger partial charge is 0.480 e. The zero-order valence-corrected chi connectivity index (χ0v) is 11.0. The van der Waals surface area contributed by atoms with Crippen molar-refractivity contribution >= 4 is 23.3 Å². The Hall–Kier alpha value is -2.17. The first-order chi connectivity index (χ1) is 8.75. The third-order valence-electron chi connectivity index (χ3n) is 3.13. The normalized spacial score (nSPS) is 16.5. The molecule has 1 unspecified atom stereocenters. The van der Waals surface area contributed by atoms with Gasteiger partial charge in [-0.25, -0.2) is 4.79 Å². The van der Waals surface area contributed by atoms with E-state index in [0.717, 1.165) is 4.90 Å². The highest BCUT2D eigenvalue weighted by Gasteiger charge is 2.46. The topological polar surface area (TPSA) is 74.7 Å². The van der Waals surface area contributed by atoms with Gasteiger partial charge in [0.2, 0.25) is 0 Å². The average molecular weight is 261 g/mol. The molecule has 19 heavy (non-hydrogen) atoms. The Kier molecular flexibility index (Phi) is 2.92. The van der Waals surface area contributed by atoms with Crippen LogP contribution in [0.3, 0.4) is 0 Å². The van der Waals surface area contributed by atoms with Gasteiger partial charge < -0.3 is 5.11 Å². The summed E-state index contributed by atoms with van der Waals surface area (Å²) in [5, 5.41) is 9.39. The first-order valence-corrected chi connectivity index (χ1v) is 5.95. The van der Waals surface area contributed by atoms with Gasteiger partial charge >= 0.3 is 5.97 Å². The van der Waals surface area contributed by atoms with Crippen LogP contribution in [0, 0.1) is 5.41 Å². The Balaban J connectivity index is 2.59. The molecule has 1 atom stereocenters. The lowest BCUT2D eigenvalue weighted by molar-refractivity contribution is -0.142. The Morgan fingerprint density at radius 2 is 1.79 bits per heavy atom. The number of aliphatic carboxylic acids is 1. The van der Waals surface area contributed by atoms with Gasteiger partial charge in [-0.2, -0.15) is 0 Å². The van der Waals surface area contributed by atoms with Crippen molar-refractivity contribution in [2.75, 3.05) is 4.90 Å². The predicted molar refractivity (Wildman–Crippen MR) is 69.1 cm³/mol. The smallest absolute Gasteiger partial charge is 0.327 e. The molecule has 0 aliphatic carbocycles. The summed E-state index contributed by atoms with van der Waals surface area (Å²) in [4.78, 5) is 36.5. The number of Topliss-reactive ketones (excluding diaryl/α,β-unsaturated/α-hetero) is 1. The highest BCUT2D eigenvalue weighted by Crippen LogP contribution is 2.36. The minimum atomic E-state index is -1.12. The number of benzene rings is 1. The number of ketones is 1. The first-order valence-electron chi connectivity index (χ1n) is 5.95. The molecule has 5 nitrogen and oxygen atoms in total. The third-order valence-corrected chi connectivity index (χ3v) is 3.13. The van der Waals surface area contributed by atoms with Gasteiger partial charge in [0.25, 0.3) is 11.7 Å². The van der Waals surface area contributed by atoms with Crippen LogP contribution in [-0.4, -0.2) is 28.8 Å². The standard InChI is InChI=1S/C14H15NO4/c1-14(2,3)11(13(18)19)15-9-7-5-4-6-8(9)10(16)12(15)17/h4-7,11H,1-3H3,(H,18,19). The van der Waals surface area contributed by atoms with E-state index in [1.807, 2.05) is 0 Å². The predicted octanol–water partition coefficient (Wildman–Crippen LogP) is 1.72. The molecule has 0 radical (unpaired) electrons. The molecule has 0 fully saturated rings. The van der Waals surface area contributed by atoms with Crippen LogP contribution in [0.4, 0.5) is 5.69 Å². The summed E-state index contributed by atoms with van der Waals surface area (Å²) in [5.41, 5.74) is -0.0398. The number of para-hydroxylation sites is 1. The molecule has 2 rings (SSSR count). The molecule has 1 aliphatic rings. The molecule has 0 aromatic heterocycles. The molecular formula is C14H15NO4. The maximum absolute atomic E-state index is 12.1. The van der Waals surface area contributed by atoms with E-state index in [2.05, 4.69) is 0 Å². The van der Waals surface area contributed by atoms with Gasteiger partial charge in [-0.3, -0.25) is 14.5 Å². The van der Waals surface area contributed by atoms with Crippen LogP contribution in [0.25, 0.3) is 0 Å². The fourth-order valence-corrected chi connectivity index (χ4v) is 2.33. The summed E-state index contributed by atoms with van der Waals surface area (Å²) in [6, 6.07) is 5.39. The Morgan fingerprint density at radius 1 is 1.21 bits per heavy atom. The summed E-state index contributed by atoms with van der Waals surface area (Å²) in [5.74, 6) is -2.54. The van der Waals surface area contributed by atoms with Crippen LogP contribution in [0.2, 0.25) is 0 Å². The van der Waals surface area contributed by atoms with Gasteiger partial charge in [0.1, 0.15) is 6.04 Å². The fourth-order valence-electron chi connectivity index (χ4n) is 2.33. The molecule has 100 valence electrons. The second kappa shape index (κ2) is 4.19. The van der Waals surface area contributed by atoms with Crippen LogP contribution in [-0.2, 0) is 9.59 Å². The maximum Gasteiger partial charge on any atom is 0.327 e. The lowest BCUT2D eigenvalue weighted by Gasteiger charge is -2.34. The quantitative estimate of drug-likeness (QED) is 0.822. The molecular weight excluding hydrogens is 246 g/mol. The SMILES string of the molecule is CC(C)(C)C(C(=O)O)N1C(=O)C(=O)c2ccccc21. The summed E-state index contributed by atoms with van der Waals surface area (Å²) in [6.45, 7) is 5.18. The molecule has 0 bridgehead atoms. The number of carbonyl (C=O) groups is 3. The highest BCUT2D eigenvalue weighted by atomic mass is 16.4. The van der Waals surface area contributed by atoms with Gasteiger partial charge in [0.05, 0.1) is 11.3 Å². The Labute approximate surface area is 110 Å². The Bertz CT molecular complexity index is 571. The van der Waals surface area contributed by atoms with Crippen molar-refractivity contribution < 1.29 is 19.5 Å². The van der Waals surface area contributed by atoms with Gasteiger partial charge in [-0.15, -0.1) is 0 Å². The highest BCUT2D eigenvalue weighted by molar-refractivity contribution is 6.52. The van der Waals surface area contributed by atoms with Crippen molar-refractivity contribution in [3.63, 3.8) is 0 Å². The molecule has 0 spiro atoms. The van der Waals surface area contributed by atoms with Crippen molar-refractivity contribution in [1.29, 1.82) is 0 Å². The number of carboxylic acids is 1. The number of rotatable bonds is 2. The van der Waals surface area contributed by atoms with Crippen molar-refractivity contribution in [2.24, 2.45) is 5.41 Å². The maximum atomic E-state index is 12.1. The summed E-state index contributed by atoms with van der Waals surface area (Å²) >= 11 is 0. The number of hydrogen-bond acceptors (Lipinski definition) is 3. The molecule has 1 aromatic rings. The number of anilines is 1. The van der Waals surface area contributed by atoms with E-state index in [-0.39, 0.29) is 5.56 Å². The first kappa shape index (κ1) is 13.3. The monoisotopic (exact) mass is 261 g/mol. The lowest BCUT2D eigenvalue weighted by Crippen LogP contribution is -2.51. The number of carboxylic acid groups (broad SMARTS) is 1. The zero-order chi connectivity index (χ0) is 14.4. The summed E-state index contributed by atoms with van der Waals surface area (Å²) in [6.07, 6.45) is 0. The van der Waals surface area contributed by atoms with E-state index in [0.29, 0.717) is 5.69 Å². The van der Waals surface area contributed by atoms with E-state index >= 15 is 0 Å². The van der Waals surface area contributed by atoms with Crippen LogP contribution in [0.5, 0.6) is 0 Å². The second-order valence-electron chi connectivity index (χ2n) is 5.63. The molecule has 1 amide bonds. The molecule has 0 saturated heterocycles. The number of amides is 1. The number of fused-ring (bicyclic) bond motifs is 1. The van der Waals surface area contributed by atoms with Gasteiger partial charge in [0, 0.05) is 0 Å². The molecule has 1 aromatic carbocycles. The van der Waals surface area contributed by atoms with Crippen LogP contribution < -0.4 is 4.90 Å². The van der Waals surface area contributed by atoms with Gasteiger partial charge in [-0.05, 0) is 17.5 Å². The van der Waals surface area contributed by atoms with Crippen LogP contribution in [0.1, 0.15) is 31.1 Å². The number of carbonyl (C=O) groups excluding carboxylic acids is 2. The van der Waals surface area contributed by atoms with Crippen molar-refractivity contribution in [3.05, 3.63) is 29.8 Å². The van der Waals surface area contributed by atoms with Crippen LogP contribution in [0.15, 0.2) is 24.3 Å². The van der Waals surface area contributed by atoms with Crippen molar-refractivity contribution in [3.8, 4) is 0 Å². The summed E-state index contributed by atoms with van der Waals surface area (Å²) < 4.78 is 0. The van der Waals surface area contributed by atoms with E-state index < -0.39 is 29.1 Å². The zero-order valence-electron chi connectivity index (χ0n) is 11.0. The van der Waals surface area contributed by atoms with Crippen molar-refractivity contribution in [1.82, 2.24) is 0 Å². The molecule has 0 saturated carbocycles. The third kappa shape index (κ3) is 2.01. The molecule has 1 heterocycles. The van der Waals surface area contributed by atoms with E-state index in [9.17, 15) is 19.5 Å². The minimum Gasteiger partial charge on any atom is -0.480 e. The number of hydrogen-bond donors (Lipinski definition) is 1. The molecule has 1 N–H and O–H groups in total. The average Bonchev–Trinajstić information content (AvgIpc) is 2.53. The molecule has 1 aliphatic heterocycles. The summed E-state index contributed by atoms with van der Waals surface area (Å²) in [7, 11) is 0. The van der Waals surface area contributed by atoms with Crippen molar-refractivity contribution in [2.45, 2.75) is 26.8 Å². The fraction of sp³-hybridized carbons (Fsp3) is 0.357. The lowest BCUT2D eigenvalue weighted by atomic mass is 9.85. The minimum absolute atomic E-state index is 0.267. The van der Waals surface area contributed by atoms with Gasteiger partial charge in [0.15, 0.2) is 0 Å². The van der Waals surface area contributed by atoms with E-state index in [1.54, 1.807) is 39.0 Å². The van der Waals surface area contributed by atoms with Crippen LogP contribution >= 0.6 is 0 Å². The van der Waals surface area contributed by atoms with E-state index in [1.165, 1.54) is 6.07 Å². The second-order valence-corrected chi connectivity index (χ2v) is 5.63. The molecule has 5 heteroatoms.